The molecule has 1 heterocycles. The molecule has 1 atom stereocenters. The first-order valence-corrected chi connectivity index (χ1v) is 4.88. The predicted molar refractivity (Wildman–Crippen MR) is 56.2 cm³/mol. The van der Waals surface area contributed by atoms with Crippen LogP contribution >= 0.6 is 0 Å². The Labute approximate surface area is 84.2 Å². The lowest BCUT2D eigenvalue weighted by molar-refractivity contribution is 0.444. The minimum atomic E-state index is -0.0877. The van der Waals surface area contributed by atoms with E-state index in [1.165, 1.54) is 0 Å². The number of hydrogen-bond acceptors (Lipinski definition) is 3. The summed E-state index contributed by atoms with van der Waals surface area (Å²) in [6.07, 6.45) is 3.52. The number of rotatable bonds is 4. The van der Waals surface area contributed by atoms with Crippen molar-refractivity contribution in [3.63, 3.8) is 0 Å². The Morgan fingerprint density at radius 2 is 2.43 bits per heavy atom. The lowest BCUT2D eigenvalue weighted by Gasteiger charge is -2.03. The Morgan fingerprint density at radius 3 is 2.93 bits per heavy atom. The Hall–Kier alpha value is -1.32. The zero-order valence-electron chi connectivity index (χ0n) is 8.95. The zero-order chi connectivity index (χ0) is 10.6. The standard InChI is InChI=1S/C10H17N3O/c1-4-5-9(11)13-8(3)10-12-6-7(2)14-10/h6,8H,4-5H2,1-3H3,(H2,11,13). The van der Waals surface area contributed by atoms with Gasteiger partial charge in [0.25, 0.3) is 0 Å². The Morgan fingerprint density at radius 1 is 1.71 bits per heavy atom. The molecule has 0 aromatic carbocycles. The minimum Gasteiger partial charge on any atom is -0.444 e. The van der Waals surface area contributed by atoms with E-state index >= 15 is 0 Å². The molecule has 78 valence electrons. The van der Waals surface area contributed by atoms with Gasteiger partial charge in [-0.05, 0) is 20.3 Å². The third kappa shape index (κ3) is 2.87. The molecule has 0 bridgehead atoms. The Kier molecular flexibility index (Phi) is 3.68. The van der Waals surface area contributed by atoms with Crippen LogP contribution in [-0.2, 0) is 0 Å². The van der Waals surface area contributed by atoms with E-state index in [0.717, 1.165) is 18.6 Å². The highest BCUT2D eigenvalue weighted by Crippen LogP contribution is 2.16. The van der Waals surface area contributed by atoms with Crippen molar-refractivity contribution in [1.82, 2.24) is 4.98 Å². The van der Waals surface area contributed by atoms with E-state index in [9.17, 15) is 0 Å². The third-order valence-corrected chi connectivity index (χ3v) is 1.86. The number of nitrogens with zero attached hydrogens (tertiary/aromatic N) is 2. The van der Waals surface area contributed by atoms with Crippen LogP contribution in [0.5, 0.6) is 0 Å². The highest BCUT2D eigenvalue weighted by Gasteiger charge is 2.09. The quantitative estimate of drug-likeness (QED) is 0.591. The van der Waals surface area contributed by atoms with Crippen molar-refractivity contribution >= 4 is 5.84 Å². The summed E-state index contributed by atoms with van der Waals surface area (Å²) in [5.41, 5.74) is 5.71. The number of nitrogens with two attached hydrogens (primary N) is 1. The molecule has 0 fully saturated rings. The average Bonchev–Trinajstić information content (AvgIpc) is 2.52. The van der Waals surface area contributed by atoms with Crippen LogP contribution in [0, 0.1) is 6.92 Å². The van der Waals surface area contributed by atoms with Crippen LogP contribution in [0.25, 0.3) is 0 Å². The third-order valence-electron chi connectivity index (χ3n) is 1.86. The van der Waals surface area contributed by atoms with Crippen LogP contribution in [0.1, 0.15) is 44.4 Å². The molecule has 0 amide bonds. The van der Waals surface area contributed by atoms with Gasteiger partial charge in [-0.2, -0.15) is 0 Å². The number of oxazole rings is 1. The first-order chi connectivity index (χ1) is 6.63. The number of amidine groups is 1. The second-order valence-electron chi connectivity index (χ2n) is 3.36. The molecule has 0 spiro atoms. The van der Waals surface area contributed by atoms with E-state index in [2.05, 4.69) is 16.9 Å². The second kappa shape index (κ2) is 4.79. The van der Waals surface area contributed by atoms with E-state index in [4.69, 9.17) is 10.2 Å². The van der Waals surface area contributed by atoms with Crippen LogP contribution in [0.3, 0.4) is 0 Å². The summed E-state index contributed by atoms with van der Waals surface area (Å²) in [5, 5.41) is 0. The number of aryl methyl sites for hydroxylation is 1. The van der Waals surface area contributed by atoms with E-state index in [-0.39, 0.29) is 6.04 Å². The van der Waals surface area contributed by atoms with Crippen molar-refractivity contribution in [2.75, 3.05) is 0 Å². The number of hydrogen-bond donors (Lipinski definition) is 1. The van der Waals surface area contributed by atoms with Crippen molar-refractivity contribution in [2.45, 2.75) is 39.7 Å². The van der Waals surface area contributed by atoms with Crippen molar-refractivity contribution in [2.24, 2.45) is 10.7 Å². The van der Waals surface area contributed by atoms with E-state index < -0.39 is 0 Å². The number of aliphatic imine (C=N–C) groups is 1. The van der Waals surface area contributed by atoms with Gasteiger partial charge in [0.05, 0.1) is 12.0 Å². The number of aromatic nitrogens is 1. The average molecular weight is 195 g/mol. The summed E-state index contributed by atoms with van der Waals surface area (Å²) in [6.45, 7) is 5.86. The molecule has 0 saturated heterocycles. The largest absolute Gasteiger partial charge is 0.444 e. The lowest BCUT2D eigenvalue weighted by atomic mass is 10.3. The molecule has 1 aromatic heterocycles. The maximum Gasteiger partial charge on any atom is 0.218 e. The predicted octanol–water partition coefficient (Wildman–Crippen LogP) is 2.20. The molecule has 14 heavy (non-hydrogen) atoms. The summed E-state index contributed by atoms with van der Waals surface area (Å²) in [5.74, 6) is 2.09. The molecule has 4 heteroatoms. The van der Waals surface area contributed by atoms with Crippen LogP contribution in [0.4, 0.5) is 0 Å². The van der Waals surface area contributed by atoms with Crippen molar-refractivity contribution in [3.05, 3.63) is 17.8 Å². The fraction of sp³-hybridized carbons (Fsp3) is 0.600. The van der Waals surface area contributed by atoms with Gasteiger partial charge in [0.2, 0.25) is 5.89 Å². The zero-order valence-corrected chi connectivity index (χ0v) is 8.95. The second-order valence-corrected chi connectivity index (χ2v) is 3.36. The molecule has 4 nitrogen and oxygen atoms in total. The Balaban J connectivity index is 2.66. The maximum atomic E-state index is 5.71. The summed E-state index contributed by atoms with van der Waals surface area (Å²) in [6, 6.07) is -0.0877. The van der Waals surface area contributed by atoms with Gasteiger partial charge in [0, 0.05) is 6.42 Å². The molecule has 0 aliphatic rings. The summed E-state index contributed by atoms with van der Waals surface area (Å²) in [7, 11) is 0. The van der Waals surface area contributed by atoms with Crippen LogP contribution in [-0.4, -0.2) is 10.8 Å². The molecule has 0 saturated carbocycles. The van der Waals surface area contributed by atoms with Gasteiger partial charge < -0.3 is 10.2 Å². The van der Waals surface area contributed by atoms with Gasteiger partial charge in [-0.3, -0.25) is 4.99 Å². The van der Waals surface area contributed by atoms with Crippen molar-refractivity contribution in [1.29, 1.82) is 0 Å². The van der Waals surface area contributed by atoms with Gasteiger partial charge in [-0.25, -0.2) is 4.98 Å². The van der Waals surface area contributed by atoms with Crippen LogP contribution in [0.15, 0.2) is 15.6 Å². The minimum absolute atomic E-state index is 0.0877. The van der Waals surface area contributed by atoms with E-state index in [1.807, 2.05) is 13.8 Å². The van der Waals surface area contributed by atoms with Gasteiger partial charge in [-0.15, -0.1) is 0 Å². The maximum absolute atomic E-state index is 5.71. The Bertz CT molecular complexity index is 317. The fourth-order valence-corrected chi connectivity index (χ4v) is 1.19. The highest BCUT2D eigenvalue weighted by atomic mass is 16.4. The molecule has 0 radical (unpaired) electrons. The summed E-state index contributed by atoms with van der Waals surface area (Å²) in [4.78, 5) is 8.39. The molecule has 2 N–H and O–H groups in total. The van der Waals surface area contributed by atoms with Crippen LogP contribution in [0.2, 0.25) is 0 Å². The summed E-state index contributed by atoms with van der Waals surface area (Å²) >= 11 is 0. The molecule has 1 unspecified atom stereocenters. The molecular formula is C10H17N3O. The first-order valence-electron chi connectivity index (χ1n) is 4.88. The van der Waals surface area contributed by atoms with Gasteiger partial charge in [0.1, 0.15) is 11.8 Å². The topological polar surface area (TPSA) is 64.4 Å². The monoisotopic (exact) mass is 195 g/mol. The van der Waals surface area contributed by atoms with Crippen LogP contribution < -0.4 is 5.73 Å². The SMILES string of the molecule is CCCC(N)=NC(C)c1ncc(C)o1. The molecule has 0 aliphatic heterocycles. The molecule has 1 aromatic rings. The normalized spacial score (nSPS) is 14.4. The highest BCUT2D eigenvalue weighted by molar-refractivity contribution is 5.80. The smallest absolute Gasteiger partial charge is 0.218 e. The van der Waals surface area contributed by atoms with Crippen molar-refractivity contribution < 1.29 is 4.42 Å². The van der Waals surface area contributed by atoms with E-state index in [1.54, 1.807) is 6.20 Å². The van der Waals surface area contributed by atoms with E-state index in [0.29, 0.717) is 11.7 Å². The molecule has 0 aliphatic carbocycles. The molecular weight excluding hydrogens is 178 g/mol. The van der Waals surface area contributed by atoms with Gasteiger partial charge in [-0.1, -0.05) is 6.92 Å². The summed E-state index contributed by atoms with van der Waals surface area (Å²) < 4.78 is 5.35. The fourth-order valence-electron chi connectivity index (χ4n) is 1.19. The van der Waals surface area contributed by atoms with Gasteiger partial charge in [0.15, 0.2) is 0 Å². The lowest BCUT2D eigenvalue weighted by Crippen LogP contribution is -2.12. The van der Waals surface area contributed by atoms with Crippen molar-refractivity contribution in [3.8, 4) is 0 Å². The molecule has 1 rings (SSSR count). The first kappa shape index (κ1) is 10.8. The van der Waals surface area contributed by atoms with Gasteiger partial charge >= 0.3 is 0 Å².